The number of guanidine groups is 1. The molecule has 1 aliphatic carbocycles. The summed E-state index contributed by atoms with van der Waals surface area (Å²) in [7, 11) is -0.309. The summed E-state index contributed by atoms with van der Waals surface area (Å²) in [4.78, 5) is 17.9. The number of carbonyl (C=O) groups excluding carboxylic acids is 1. The van der Waals surface area contributed by atoms with E-state index < -0.39 is 10.0 Å². The van der Waals surface area contributed by atoms with E-state index in [2.05, 4.69) is 27.8 Å². The Morgan fingerprint density at radius 1 is 1.23 bits per heavy atom. The quantitative estimate of drug-likeness (QED) is 0.370. The first-order chi connectivity index (χ1) is 12.3. The van der Waals surface area contributed by atoms with Gasteiger partial charge in [0.1, 0.15) is 0 Å². The number of hydrogen-bond donors (Lipinski definition) is 3. The SMILES string of the molecule is CN(C)C(=O)CNC(=NCc1ccc(S(N)(=O)=O)cc1)NC1CC=CC1. The van der Waals surface area contributed by atoms with Crippen LogP contribution in [-0.4, -0.2) is 51.9 Å². The molecule has 8 nitrogen and oxygen atoms in total. The number of likely N-dealkylation sites (N-methyl/N-ethyl adjacent to an activating group) is 1. The maximum atomic E-state index is 11.8. The van der Waals surface area contributed by atoms with Crippen molar-refractivity contribution in [2.45, 2.75) is 30.3 Å². The Bertz CT molecular complexity index is 777. The lowest BCUT2D eigenvalue weighted by atomic mass is 10.2. The standard InChI is InChI=1S/C17H25N5O3S/c1-22(2)16(23)12-20-17(21-14-5-3-4-6-14)19-11-13-7-9-15(10-8-13)26(18,24)25/h3-4,7-10,14H,5-6,11-12H2,1-2H3,(H2,18,24,25)(H2,19,20,21). The number of sulfonamides is 1. The minimum atomic E-state index is -3.70. The lowest BCUT2D eigenvalue weighted by molar-refractivity contribution is -0.127. The van der Waals surface area contributed by atoms with Crippen LogP contribution in [0.25, 0.3) is 0 Å². The fraction of sp³-hybridized carbons (Fsp3) is 0.412. The minimum Gasteiger partial charge on any atom is -0.353 e. The zero-order chi connectivity index (χ0) is 19.2. The van der Waals surface area contributed by atoms with Gasteiger partial charge in [0.2, 0.25) is 15.9 Å². The topological polar surface area (TPSA) is 117 Å². The average Bonchev–Trinajstić information content (AvgIpc) is 3.09. The predicted octanol–water partition coefficient (Wildman–Crippen LogP) is 0.176. The predicted molar refractivity (Wildman–Crippen MR) is 101 cm³/mol. The van der Waals surface area contributed by atoms with E-state index in [0.29, 0.717) is 12.5 Å². The van der Waals surface area contributed by atoms with Crippen LogP contribution in [0.5, 0.6) is 0 Å². The molecule has 1 aromatic carbocycles. The summed E-state index contributed by atoms with van der Waals surface area (Å²) in [6.07, 6.45) is 6.02. The molecule has 26 heavy (non-hydrogen) atoms. The molecule has 0 atom stereocenters. The van der Waals surface area contributed by atoms with E-state index in [0.717, 1.165) is 18.4 Å². The molecule has 1 aliphatic rings. The molecule has 1 amide bonds. The van der Waals surface area contributed by atoms with E-state index >= 15 is 0 Å². The van der Waals surface area contributed by atoms with Gasteiger partial charge in [-0.25, -0.2) is 18.5 Å². The minimum absolute atomic E-state index is 0.0541. The number of nitrogens with zero attached hydrogens (tertiary/aromatic N) is 2. The number of nitrogens with one attached hydrogen (secondary N) is 2. The van der Waals surface area contributed by atoms with Crippen LogP contribution < -0.4 is 15.8 Å². The second-order valence-corrected chi connectivity index (χ2v) is 7.84. The van der Waals surface area contributed by atoms with Gasteiger partial charge in [-0.15, -0.1) is 0 Å². The monoisotopic (exact) mass is 379 g/mol. The molecule has 0 fully saturated rings. The maximum Gasteiger partial charge on any atom is 0.241 e. The number of nitrogens with two attached hydrogens (primary N) is 1. The number of hydrogen-bond acceptors (Lipinski definition) is 4. The fourth-order valence-electron chi connectivity index (χ4n) is 2.35. The number of primary sulfonamides is 1. The van der Waals surface area contributed by atoms with Gasteiger partial charge < -0.3 is 15.5 Å². The van der Waals surface area contributed by atoms with Gasteiger partial charge in [0.25, 0.3) is 0 Å². The third-order valence-electron chi connectivity index (χ3n) is 3.93. The normalized spacial score (nSPS) is 15.1. The number of aliphatic imine (C=N–C) groups is 1. The zero-order valence-corrected chi connectivity index (χ0v) is 15.8. The highest BCUT2D eigenvalue weighted by atomic mass is 32.2. The van der Waals surface area contributed by atoms with E-state index in [4.69, 9.17) is 5.14 Å². The van der Waals surface area contributed by atoms with E-state index in [9.17, 15) is 13.2 Å². The third-order valence-corrected chi connectivity index (χ3v) is 4.86. The summed E-state index contributed by atoms with van der Waals surface area (Å²) in [6, 6.07) is 6.50. The molecular weight excluding hydrogens is 354 g/mol. The molecule has 0 saturated carbocycles. The van der Waals surface area contributed by atoms with Gasteiger partial charge >= 0.3 is 0 Å². The summed E-state index contributed by atoms with van der Waals surface area (Å²) >= 11 is 0. The molecule has 2 rings (SSSR count). The lowest BCUT2D eigenvalue weighted by Gasteiger charge is -2.18. The van der Waals surface area contributed by atoms with Crippen LogP contribution in [0.3, 0.4) is 0 Å². The third kappa shape index (κ3) is 6.16. The Kier molecular flexibility index (Phi) is 6.76. The van der Waals surface area contributed by atoms with Crippen LogP contribution in [0.15, 0.2) is 46.3 Å². The van der Waals surface area contributed by atoms with Gasteiger partial charge in [0, 0.05) is 20.1 Å². The second kappa shape index (κ2) is 8.81. The molecule has 9 heteroatoms. The zero-order valence-electron chi connectivity index (χ0n) is 15.0. The molecule has 0 aliphatic heterocycles. The molecule has 0 unspecified atom stereocenters. The van der Waals surface area contributed by atoms with Gasteiger partial charge in [-0.2, -0.15) is 0 Å². The van der Waals surface area contributed by atoms with Crippen molar-refractivity contribution in [3.05, 3.63) is 42.0 Å². The van der Waals surface area contributed by atoms with E-state index in [1.165, 1.54) is 17.0 Å². The molecule has 0 spiro atoms. The van der Waals surface area contributed by atoms with Crippen molar-refractivity contribution in [3.63, 3.8) is 0 Å². The summed E-state index contributed by atoms with van der Waals surface area (Å²) in [5.41, 5.74) is 0.835. The van der Waals surface area contributed by atoms with Gasteiger partial charge in [0.15, 0.2) is 5.96 Å². The molecule has 142 valence electrons. The summed E-state index contributed by atoms with van der Waals surface area (Å²) in [6.45, 7) is 0.486. The van der Waals surface area contributed by atoms with Crippen molar-refractivity contribution in [3.8, 4) is 0 Å². The molecule has 0 aromatic heterocycles. The van der Waals surface area contributed by atoms with Crippen molar-refractivity contribution in [2.75, 3.05) is 20.6 Å². The Balaban J connectivity index is 2.03. The summed E-state index contributed by atoms with van der Waals surface area (Å²) in [5, 5.41) is 11.4. The highest BCUT2D eigenvalue weighted by Crippen LogP contribution is 2.11. The molecular formula is C17H25N5O3S. The number of benzene rings is 1. The van der Waals surface area contributed by atoms with Gasteiger partial charge in [-0.05, 0) is 30.5 Å². The molecule has 0 heterocycles. The van der Waals surface area contributed by atoms with E-state index in [1.54, 1.807) is 26.2 Å². The van der Waals surface area contributed by atoms with Crippen molar-refractivity contribution < 1.29 is 13.2 Å². The first-order valence-electron chi connectivity index (χ1n) is 8.27. The van der Waals surface area contributed by atoms with E-state index in [-0.39, 0.29) is 23.4 Å². The first kappa shape index (κ1) is 19.9. The van der Waals surface area contributed by atoms with Crippen molar-refractivity contribution in [1.29, 1.82) is 0 Å². The van der Waals surface area contributed by atoms with Crippen LogP contribution in [0, 0.1) is 0 Å². The average molecular weight is 379 g/mol. The Morgan fingerprint density at radius 3 is 2.38 bits per heavy atom. The summed E-state index contributed by atoms with van der Waals surface area (Å²) < 4.78 is 22.6. The first-order valence-corrected chi connectivity index (χ1v) is 9.82. The van der Waals surface area contributed by atoms with Gasteiger partial charge in [-0.1, -0.05) is 24.3 Å². The maximum absolute atomic E-state index is 11.8. The van der Waals surface area contributed by atoms with Gasteiger partial charge in [0.05, 0.1) is 18.0 Å². The molecule has 4 N–H and O–H groups in total. The highest BCUT2D eigenvalue weighted by Gasteiger charge is 2.13. The van der Waals surface area contributed by atoms with Crippen LogP contribution >= 0.6 is 0 Å². The van der Waals surface area contributed by atoms with Crippen LogP contribution in [0.2, 0.25) is 0 Å². The van der Waals surface area contributed by atoms with Crippen molar-refractivity contribution in [2.24, 2.45) is 10.1 Å². The Labute approximate surface area is 154 Å². The Hall–Kier alpha value is -2.39. The number of carbonyl (C=O) groups is 1. The molecule has 0 bridgehead atoms. The van der Waals surface area contributed by atoms with Crippen LogP contribution in [-0.2, 0) is 21.4 Å². The fourth-order valence-corrected chi connectivity index (χ4v) is 2.87. The smallest absolute Gasteiger partial charge is 0.241 e. The van der Waals surface area contributed by atoms with Crippen molar-refractivity contribution >= 4 is 21.9 Å². The molecule has 1 aromatic rings. The number of amides is 1. The molecule has 0 radical (unpaired) electrons. The number of rotatable bonds is 6. The van der Waals surface area contributed by atoms with Crippen LogP contribution in [0.1, 0.15) is 18.4 Å². The highest BCUT2D eigenvalue weighted by molar-refractivity contribution is 7.89. The lowest BCUT2D eigenvalue weighted by Crippen LogP contribution is -2.46. The van der Waals surface area contributed by atoms with E-state index in [1.807, 2.05) is 0 Å². The van der Waals surface area contributed by atoms with Crippen LogP contribution in [0.4, 0.5) is 0 Å². The Morgan fingerprint density at radius 2 is 1.85 bits per heavy atom. The largest absolute Gasteiger partial charge is 0.353 e. The summed E-state index contributed by atoms with van der Waals surface area (Å²) in [5.74, 6) is 0.492. The second-order valence-electron chi connectivity index (χ2n) is 6.28. The molecule has 0 saturated heterocycles. The van der Waals surface area contributed by atoms with Gasteiger partial charge in [-0.3, -0.25) is 4.79 Å². The van der Waals surface area contributed by atoms with Crippen molar-refractivity contribution in [1.82, 2.24) is 15.5 Å².